The Labute approximate surface area is 132 Å². The first kappa shape index (κ1) is 15.9. The summed E-state index contributed by atoms with van der Waals surface area (Å²) >= 11 is 5.87. The minimum Gasteiger partial charge on any atom is -0.495 e. The molecule has 2 aromatic rings. The van der Waals surface area contributed by atoms with Gasteiger partial charge in [0.05, 0.1) is 19.1 Å². The zero-order valence-corrected chi connectivity index (χ0v) is 12.8. The number of carbonyl (C=O) groups is 2. The van der Waals surface area contributed by atoms with Crippen LogP contribution in [0, 0.1) is 6.92 Å². The third-order valence-corrected chi connectivity index (χ3v) is 3.08. The molecule has 1 heterocycles. The van der Waals surface area contributed by atoms with Gasteiger partial charge >= 0.3 is 5.97 Å². The summed E-state index contributed by atoms with van der Waals surface area (Å²) in [5, 5.41) is 3.01. The Bertz CT molecular complexity index is 695. The Hall–Kier alpha value is -2.47. The number of halogens is 1. The summed E-state index contributed by atoms with van der Waals surface area (Å²) < 4.78 is 15.0. The normalized spacial score (nSPS) is 10.1. The second-order valence-electron chi connectivity index (χ2n) is 4.36. The number of methoxy groups -OCH3 is 1. The van der Waals surface area contributed by atoms with Crippen molar-refractivity contribution in [2.45, 2.75) is 6.92 Å². The van der Waals surface area contributed by atoms with Crippen LogP contribution in [0.1, 0.15) is 16.1 Å². The van der Waals surface area contributed by atoms with Crippen LogP contribution >= 0.6 is 11.6 Å². The highest BCUT2D eigenvalue weighted by Gasteiger charge is 2.15. The zero-order valence-electron chi connectivity index (χ0n) is 12.0. The molecule has 0 radical (unpaired) electrons. The monoisotopic (exact) mass is 323 g/mol. The molecule has 0 aliphatic rings. The Morgan fingerprint density at radius 1 is 1.32 bits per heavy atom. The molecular formula is C15H14ClNO5. The number of furan rings is 1. The largest absolute Gasteiger partial charge is 0.495 e. The van der Waals surface area contributed by atoms with Gasteiger partial charge in [0, 0.05) is 5.02 Å². The lowest BCUT2D eigenvalue weighted by Crippen LogP contribution is -2.21. The topological polar surface area (TPSA) is 77.8 Å². The van der Waals surface area contributed by atoms with E-state index in [0.29, 0.717) is 22.2 Å². The van der Waals surface area contributed by atoms with Crippen molar-refractivity contribution in [2.75, 3.05) is 19.0 Å². The molecule has 0 saturated heterocycles. The summed E-state index contributed by atoms with van der Waals surface area (Å²) in [6.45, 7) is 1.20. The lowest BCUT2D eigenvalue weighted by atomic mass is 10.3. The molecule has 1 aromatic heterocycles. The summed E-state index contributed by atoms with van der Waals surface area (Å²) in [6.07, 6.45) is 1.38. The van der Waals surface area contributed by atoms with Gasteiger partial charge in [-0.1, -0.05) is 11.6 Å². The molecule has 1 aromatic carbocycles. The van der Waals surface area contributed by atoms with Crippen molar-refractivity contribution in [3.63, 3.8) is 0 Å². The van der Waals surface area contributed by atoms with E-state index in [1.54, 1.807) is 25.1 Å². The van der Waals surface area contributed by atoms with Gasteiger partial charge in [0.25, 0.3) is 5.91 Å². The highest BCUT2D eigenvalue weighted by Crippen LogP contribution is 2.27. The first-order chi connectivity index (χ1) is 10.5. The van der Waals surface area contributed by atoms with E-state index >= 15 is 0 Å². The number of nitrogens with one attached hydrogen (secondary N) is 1. The molecule has 1 N–H and O–H groups in total. The fourth-order valence-electron chi connectivity index (χ4n) is 1.77. The highest BCUT2D eigenvalue weighted by atomic mass is 35.5. The number of amides is 1. The highest BCUT2D eigenvalue weighted by molar-refractivity contribution is 6.31. The fourth-order valence-corrected chi connectivity index (χ4v) is 1.94. The average molecular weight is 324 g/mol. The van der Waals surface area contributed by atoms with E-state index in [1.165, 1.54) is 19.4 Å². The molecule has 0 aliphatic carbocycles. The number of hydrogen-bond acceptors (Lipinski definition) is 5. The summed E-state index contributed by atoms with van der Waals surface area (Å²) in [4.78, 5) is 23.6. The van der Waals surface area contributed by atoms with Crippen LogP contribution in [-0.4, -0.2) is 25.6 Å². The van der Waals surface area contributed by atoms with Gasteiger partial charge in [-0.2, -0.15) is 0 Å². The van der Waals surface area contributed by atoms with Crippen molar-refractivity contribution in [2.24, 2.45) is 0 Å². The molecule has 2 rings (SSSR count). The second kappa shape index (κ2) is 7.00. The van der Waals surface area contributed by atoms with Crippen LogP contribution in [0.5, 0.6) is 5.75 Å². The van der Waals surface area contributed by atoms with Gasteiger partial charge in [-0.25, -0.2) is 4.79 Å². The quantitative estimate of drug-likeness (QED) is 0.856. The molecule has 6 nitrogen and oxygen atoms in total. The SMILES string of the molecule is COc1ccc(Cl)cc1NC(=O)COC(=O)c1ccoc1C. The average Bonchev–Trinajstić information content (AvgIpc) is 2.91. The van der Waals surface area contributed by atoms with E-state index in [1.807, 2.05) is 0 Å². The van der Waals surface area contributed by atoms with Crippen LogP contribution < -0.4 is 10.1 Å². The zero-order chi connectivity index (χ0) is 16.1. The summed E-state index contributed by atoms with van der Waals surface area (Å²) in [7, 11) is 1.47. The Morgan fingerprint density at radius 3 is 2.73 bits per heavy atom. The molecule has 0 unspecified atom stereocenters. The number of ether oxygens (including phenoxy) is 2. The molecule has 0 fully saturated rings. The lowest BCUT2D eigenvalue weighted by Gasteiger charge is -2.10. The molecule has 22 heavy (non-hydrogen) atoms. The number of rotatable bonds is 5. The van der Waals surface area contributed by atoms with Crippen LogP contribution in [0.25, 0.3) is 0 Å². The van der Waals surface area contributed by atoms with Gasteiger partial charge in [0.15, 0.2) is 6.61 Å². The van der Waals surface area contributed by atoms with Crippen LogP contribution in [0.2, 0.25) is 5.02 Å². The fraction of sp³-hybridized carbons (Fsp3) is 0.200. The van der Waals surface area contributed by atoms with Crippen LogP contribution in [0.3, 0.4) is 0 Å². The predicted molar refractivity (Wildman–Crippen MR) is 80.4 cm³/mol. The number of esters is 1. The van der Waals surface area contributed by atoms with E-state index in [9.17, 15) is 9.59 Å². The van der Waals surface area contributed by atoms with Crippen molar-refractivity contribution in [3.05, 3.63) is 46.9 Å². The maximum atomic E-state index is 11.8. The lowest BCUT2D eigenvalue weighted by molar-refractivity contribution is -0.119. The smallest absolute Gasteiger partial charge is 0.342 e. The number of anilines is 1. The van der Waals surface area contributed by atoms with E-state index < -0.39 is 18.5 Å². The van der Waals surface area contributed by atoms with Gasteiger partial charge in [-0.3, -0.25) is 4.79 Å². The summed E-state index contributed by atoms with van der Waals surface area (Å²) in [6, 6.07) is 6.28. The molecule has 116 valence electrons. The molecule has 7 heteroatoms. The standard InChI is InChI=1S/C15H14ClNO5/c1-9-11(5-6-21-9)15(19)22-8-14(18)17-12-7-10(16)3-4-13(12)20-2/h3-7H,8H2,1-2H3,(H,17,18). The van der Waals surface area contributed by atoms with Crippen molar-refractivity contribution in [1.29, 1.82) is 0 Å². The number of carbonyl (C=O) groups excluding carboxylic acids is 2. The molecule has 1 amide bonds. The van der Waals surface area contributed by atoms with Gasteiger partial charge in [-0.05, 0) is 31.2 Å². The summed E-state index contributed by atoms with van der Waals surface area (Å²) in [5.41, 5.74) is 0.684. The minimum absolute atomic E-state index is 0.285. The van der Waals surface area contributed by atoms with Crippen molar-refractivity contribution < 1.29 is 23.5 Å². The van der Waals surface area contributed by atoms with Crippen LogP contribution in [0.4, 0.5) is 5.69 Å². The Kier molecular flexibility index (Phi) is 5.06. The third kappa shape index (κ3) is 3.79. The maximum Gasteiger partial charge on any atom is 0.342 e. The van der Waals surface area contributed by atoms with E-state index in [0.717, 1.165) is 0 Å². The van der Waals surface area contributed by atoms with Gasteiger partial charge in [-0.15, -0.1) is 0 Å². The van der Waals surface area contributed by atoms with E-state index in [4.69, 9.17) is 25.5 Å². The van der Waals surface area contributed by atoms with Crippen LogP contribution in [-0.2, 0) is 9.53 Å². The molecule has 0 aliphatic heterocycles. The van der Waals surface area contributed by atoms with Crippen molar-refractivity contribution in [1.82, 2.24) is 0 Å². The number of hydrogen-bond donors (Lipinski definition) is 1. The predicted octanol–water partition coefficient (Wildman–Crippen LogP) is 3.05. The molecule has 0 atom stereocenters. The molecule has 0 saturated carbocycles. The van der Waals surface area contributed by atoms with E-state index in [2.05, 4.69) is 5.32 Å². The molecule has 0 bridgehead atoms. The minimum atomic E-state index is -0.626. The van der Waals surface area contributed by atoms with E-state index in [-0.39, 0.29) is 5.56 Å². The molecular weight excluding hydrogens is 310 g/mol. The Balaban J connectivity index is 1.95. The first-order valence-electron chi connectivity index (χ1n) is 6.36. The Morgan fingerprint density at radius 2 is 2.09 bits per heavy atom. The van der Waals surface area contributed by atoms with Gasteiger partial charge in [0.1, 0.15) is 17.1 Å². The second-order valence-corrected chi connectivity index (χ2v) is 4.80. The van der Waals surface area contributed by atoms with Gasteiger partial charge < -0.3 is 19.2 Å². The number of benzene rings is 1. The van der Waals surface area contributed by atoms with Crippen molar-refractivity contribution >= 4 is 29.2 Å². The van der Waals surface area contributed by atoms with Crippen LogP contribution in [0.15, 0.2) is 34.9 Å². The van der Waals surface area contributed by atoms with Crippen molar-refractivity contribution in [3.8, 4) is 5.75 Å². The number of aryl methyl sites for hydroxylation is 1. The summed E-state index contributed by atoms with van der Waals surface area (Å²) in [5.74, 6) is -0.244. The third-order valence-electron chi connectivity index (χ3n) is 2.85. The first-order valence-corrected chi connectivity index (χ1v) is 6.73. The maximum absolute atomic E-state index is 11.8. The van der Waals surface area contributed by atoms with Gasteiger partial charge in [0.2, 0.25) is 0 Å². The molecule has 0 spiro atoms.